The van der Waals surface area contributed by atoms with Crippen molar-refractivity contribution in [2.24, 2.45) is 0 Å². The molecule has 1 aromatic heterocycles. The molecule has 0 unspecified atom stereocenters. The number of halogens is 1. The van der Waals surface area contributed by atoms with Gasteiger partial charge in [0, 0.05) is 24.7 Å². The standard InChI is InChI=1S/C19H16ClN5O3/c20-13-8-7-12(11-16(13)25(27)28)19(26)23-17-18(24-9-3-4-10-24)22-15-6-2-1-5-14(15)21-17/h1-2,5-8,11H,3-4,9-10H2,(H,21,23,26). The summed E-state index contributed by atoms with van der Waals surface area (Å²) in [5.74, 6) is 0.431. The molecule has 2 aromatic carbocycles. The van der Waals surface area contributed by atoms with Gasteiger partial charge in [-0.05, 0) is 37.1 Å². The number of carbonyl (C=O) groups excluding carboxylic acids is 1. The molecule has 1 saturated heterocycles. The van der Waals surface area contributed by atoms with E-state index in [4.69, 9.17) is 11.6 Å². The Balaban J connectivity index is 1.72. The molecule has 28 heavy (non-hydrogen) atoms. The predicted molar refractivity (Wildman–Crippen MR) is 107 cm³/mol. The Morgan fingerprint density at radius 3 is 2.46 bits per heavy atom. The summed E-state index contributed by atoms with van der Waals surface area (Å²) in [6.45, 7) is 1.67. The normalized spacial score (nSPS) is 13.7. The highest BCUT2D eigenvalue weighted by atomic mass is 35.5. The number of hydrogen-bond acceptors (Lipinski definition) is 6. The topological polar surface area (TPSA) is 101 Å². The summed E-state index contributed by atoms with van der Waals surface area (Å²) >= 11 is 5.83. The Morgan fingerprint density at radius 2 is 1.79 bits per heavy atom. The molecular weight excluding hydrogens is 382 g/mol. The van der Waals surface area contributed by atoms with E-state index >= 15 is 0 Å². The number of nitro benzene ring substituents is 1. The first-order valence-electron chi connectivity index (χ1n) is 8.80. The van der Waals surface area contributed by atoms with E-state index in [1.54, 1.807) is 0 Å². The summed E-state index contributed by atoms with van der Waals surface area (Å²) in [4.78, 5) is 34.5. The average Bonchev–Trinajstić information content (AvgIpc) is 3.22. The third kappa shape index (κ3) is 3.46. The van der Waals surface area contributed by atoms with Crippen molar-refractivity contribution in [3.8, 4) is 0 Å². The van der Waals surface area contributed by atoms with Crippen LogP contribution in [0.15, 0.2) is 42.5 Å². The summed E-state index contributed by atoms with van der Waals surface area (Å²) in [7, 11) is 0. The molecule has 1 N–H and O–H groups in total. The SMILES string of the molecule is O=C(Nc1nc2ccccc2nc1N1CCCC1)c1ccc(Cl)c([N+](=O)[O-])c1. The molecule has 9 heteroatoms. The summed E-state index contributed by atoms with van der Waals surface area (Å²) in [5.41, 5.74) is 1.20. The van der Waals surface area contributed by atoms with Gasteiger partial charge in [0.1, 0.15) is 5.02 Å². The number of amides is 1. The third-order valence-electron chi connectivity index (χ3n) is 4.59. The van der Waals surface area contributed by atoms with E-state index in [1.165, 1.54) is 12.1 Å². The van der Waals surface area contributed by atoms with Crippen molar-refractivity contribution in [2.45, 2.75) is 12.8 Å². The van der Waals surface area contributed by atoms with Crippen molar-refractivity contribution < 1.29 is 9.72 Å². The second kappa shape index (κ2) is 7.40. The molecule has 3 aromatic rings. The Kier molecular flexibility index (Phi) is 4.79. The second-order valence-electron chi connectivity index (χ2n) is 6.46. The van der Waals surface area contributed by atoms with Crippen LogP contribution in [0.4, 0.5) is 17.3 Å². The van der Waals surface area contributed by atoms with Gasteiger partial charge in [-0.1, -0.05) is 23.7 Å². The molecule has 142 valence electrons. The highest BCUT2D eigenvalue weighted by Gasteiger charge is 2.22. The van der Waals surface area contributed by atoms with Crippen LogP contribution < -0.4 is 10.2 Å². The van der Waals surface area contributed by atoms with Gasteiger partial charge in [0.15, 0.2) is 11.6 Å². The summed E-state index contributed by atoms with van der Waals surface area (Å²) in [6.07, 6.45) is 2.09. The minimum Gasteiger partial charge on any atom is -0.354 e. The quantitative estimate of drug-likeness (QED) is 0.526. The van der Waals surface area contributed by atoms with Crippen LogP contribution in [0.2, 0.25) is 5.02 Å². The van der Waals surface area contributed by atoms with E-state index in [9.17, 15) is 14.9 Å². The minimum absolute atomic E-state index is 0.0233. The second-order valence-corrected chi connectivity index (χ2v) is 6.86. The van der Waals surface area contributed by atoms with E-state index in [-0.39, 0.29) is 16.3 Å². The monoisotopic (exact) mass is 397 g/mol. The fourth-order valence-corrected chi connectivity index (χ4v) is 3.38. The molecule has 0 saturated carbocycles. The van der Waals surface area contributed by atoms with Crippen LogP contribution in [0.3, 0.4) is 0 Å². The number of hydrogen-bond donors (Lipinski definition) is 1. The Hall–Kier alpha value is -3.26. The number of carbonyl (C=O) groups is 1. The number of benzene rings is 2. The average molecular weight is 398 g/mol. The van der Waals surface area contributed by atoms with Crippen LogP contribution in [-0.4, -0.2) is 33.9 Å². The highest BCUT2D eigenvalue weighted by Crippen LogP contribution is 2.29. The lowest BCUT2D eigenvalue weighted by Gasteiger charge is -2.20. The maximum absolute atomic E-state index is 12.7. The molecule has 1 aliphatic rings. The lowest BCUT2D eigenvalue weighted by Crippen LogP contribution is -2.23. The molecule has 1 fully saturated rings. The maximum Gasteiger partial charge on any atom is 0.288 e. The van der Waals surface area contributed by atoms with Crippen LogP contribution in [0.25, 0.3) is 11.0 Å². The fraction of sp³-hybridized carbons (Fsp3) is 0.211. The van der Waals surface area contributed by atoms with E-state index < -0.39 is 10.8 Å². The lowest BCUT2D eigenvalue weighted by atomic mass is 10.2. The number of nitrogens with zero attached hydrogens (tertiary/aromatic N) is 4. The van der Waals surface area contributed by atoms with Crippen molar-refractivity contribution >= 4 is 45.9 Å². The molecule has 0 atom stereocenters. The van der Waals surface area contributed by atoms with Gasteiger partial charge < -0.3 is 10.2 Å². The van der Waals surface area contributed by atoms with Crippen LogP contribution in [0.5, 0.6) is 0 Å². The van der Waals surface area contributed by atoms with E-state index in [1.807, 2.05) is 24.3 Å². The Bertz CT molecular complexity index is 1080. The summed E-state index contributed by atoms with van der Waals surface area (Å²) in [6, 6.07) is 11.4. The Labute approximate surface area is 165 Å². The first-order chi connectivity index (χ1) is 13.5. The van der Waals surface area contributed by atoms with Gasteiger partial charge in [0.05, 0.1) is 16.0 Å². The predicted octanol–water partition coefficient (Wildman–Crippen LogP) is 4.04. The molecule has 4 rings (SSSR count). The number of aromatic nitrogens is 2. The summed E-state index contributed by atoms with van der Waals surface area (Å²) in [5, 5.41) is 13.8. The Morgan fingerprint density at radius 1 is 1.11 bits per heavy atom. The van der Waals surface area contributed by atoms with E-state index in [0.29, 0.717) is 17.2 Å². The molecule has 0 radical (unpaired) electrons. The van der Waals surface area contributed by atoms with Gasteiger partial charge in [-0.25, -0.2) is 9.97 Å². The molecule has 1 aliphatic heterocycles. The molecule has 2 heterocycles. The van der Waals surface area contributed by atoms with Crippen LogP contribution >= 0.6 is 11.6 Å². The van der Waals surface area contributed by atoms with Crippen molar-refractivity contribution in [1.82, 2.24) is 9.97 Å². The van der Waals surface area contributed by atoms with Gasteiger partial charge in [-0.3, -0.25) is 14.9 Å². The number of fused-ring (bicyclic) bond motifs is 1. The smallest absolute Gasteiger partial charge is 0.288 e. The van der Waals surface area contributed by atoms with Gasteiger partial charge >= 0.3 is 0 Å². The zero-order chi connectivity index (χ0) is 19.7. The molecule has 0 spiro atoms. The van der Waals surface area contributed by atoms with E-state index in [0.717, 1.165) is 37.5 Å². The van der Waals surface area contributed by atoms with Crippen molar-refractivity contribution in [3.05, 3.63) is 63.2 Å². The first-order valence-corrected chi connectivity index (χ1v) is 9.18. The number of rotatable bonds is 4. The van der Waals surface area contributed by atoms with Crippen LogP contribution in [-0.2, 0) is 0 Å². The summed E-state index contributed by atoms with van der Waals surface area (Å²) < 4.78 is 0. The van der Waals surface area contributed by atoms with Crippen LogP contribution in [0, 0.1) is 10.1 Å². The van der Waals surface area contributed by atoms with Gasteiger partial charge in [0.25, 0.3) is 11.6 Å². The maximum atomic E-state index is 12.7. The van der Waals surface area contributed by atoms with Crippen molar-refractivity contribution in [3.63, 3.8) is 0 Å². The number of nitro groups is 1. The largest absolute Gasteiger partial charge is 0.354 e. The zero-order valence-corrected chi connectivity index (χ0v) is 15.5. The van der Waals surface area contributed by atoms with Crippen molar-refractivity contribution in [2.75, 3.05) is 23.3 Å². The van der Waals surface area contributed by atoms with Crippen molar-refractivity contribution in [1.29, 1.82) is 0 Å². The van der Waals surface area contributed by atoms with Gasteiger partial charge in [-0.15, -0.1) is 0 Å². The zero-order valence-electron chi connectivity index (χ0n) is 14.8. The number of nitrogens with one attached hydrogen (secondary N) is 1. The van der Waals surface area contributed by atoms with E-state index in [2.05, 4.69) is 20.2 Å². The highest BCUT2D eigenvalue weighted by molar-refractivity contribution is 6.32. The molecule has 8 nitrogen and oxygen atoms in total. The number of anilines is 2. The molecule has 0 bridgehead atoms. The minimum atomic E-state index is -0.620. The third-order valence-corrected chi connectivity index (χ3v) is 4.91. The fourth-order valence-electron chi connectivity index (χ4n) is 3.20. The number of para-hydroxylation sites is 2. The lowest BCUT2D eigenvalue weighted by molar-refractivity contribution is -0.384. The van der Waals surface area contributed by atoms with Gasteiger partial charge in [-0.2, -0.15) is 0 Å². The van der Waals surface area contributed by atoms with Gasteiger partial charge in [0.2, 0.25) is 0 Å². The molecule has 0 aliphatic carbocycles. The molecular formula is C19H16ClN5O3. The first kappa shape index (κ1) is 18.1. The molecule has 1 amide bonds. The van der Waals surface area contributed by atoms with Crippen LogP contribution in [0.1, 0.15) is 23.2 Å².